The Morgan fingerprint density at radius 3 is 2.77 bits per heavy atom. The van der Waals surface area contributed by atoms with E-state index in [1.165, 1.54) is 6.42 Å². The first-order chi connectivity index (χ1) is 15.1. The average Bonchev–Trinajstić information content (AvgIpc) is 3.44. The van der Waals surface area contributed by atoms with Crippen molar-refractivity contribution in [2.75, 3.05) is 40.0 Å². The van der Waals surface area contributed by atoms with Crippen LogP contribution >= 0.6 is 11.3 Å². The topological polar surface area (TPSA) is 75.1 Å². The van der Waals surface area contributed by atoms with Crippen LogP contribution in [-0.2, 0) is 21.7 Å². The van der Waals surface area contributed by atoms with E-state index in [4.69, 9.17) is 14.5 Å². The summed E-state index contributed by atoms with van der Waals surface area (Å²) in [5.41, 5.74) is -0.231. The zero-order chi connectivity index (χ0) is 21.7. The van der Waals surface area contributed by atoms with Crippen LogP contribution in [0.2, 0.25) is 0 Å². The van der Waals surface area contributed by atoms with Crippen LogP contribution in [0.5, 0.6) is 5.75 Å². The number of hydrogen-bond donors (Lipinski definition) is 1. The van der Waals surface area contributed by atoms with Gasteiger partial charge in [-0.15, -0.1) is 11.3 Å². The van der Waals surface area contributed by atoms with Gasteiger partial charge in [0.05, 0.1) is 18.8 Å². The number of likely N-dealkylation sites (tertiary alicyclic amines) is 2. The number of ether oxygens (including phenoxy) is 2. The van der Waals surface area contributed by atoms with E-state index in [-0.39, 0.29) is 12.5 Å². The summed E-state index contributed by atoms with van der Waals surface area (Å²) in [7, 11) is 1.75. The van der Waals surface area contributed by atoms with Gasteiger partial charge in [0.25, 0.3) is 5.91 Å². The van der Waals surface area contributed by atoms with Crippen molar-refractivity contribution < 1.29 is 19.4 Å². The summed E-state index contributed by atoms with van der Waals surface area (Å²) < 4.78 is 10.9. The Bertz CT molecular complexity index is 852. The molecule has 0 bridgehead atoms. The number of nitrogens with zero attached hydrogens (tertiary/aromatic N) is 3. The molecule has 0 saturated carbocycles. The van der Waals surface area contributed by atoms with Gasteiger partial charge < -0.3 is 19.5 Å². The molecule has 2 aliphatic rings. The molecule has 0 radical (unpaired) electrons. The second-order valence-electron chi connectivity index (χ2n) is 8.36. The van der Waals surface area contributed by atoms with Gasteiger partial charge in [0.15, 0.2) is 6.61 Å². The first-order valence-electron chi connectivity index (χ1n) is 10.9. The summed E-state index contributed by atoms with van der Waals surface area (Å²) in [6.07, 6.45) is 3.33. The fourth-order valence-corrected chi connectivity index (χ4v) is 5.30. The van der Waals surface area contributed by atoms with Crippen LogP contribution in [0.15, 0.2) is 35.7 Å². The third kappa shape index (κ3) is 5.44. The van der Waals surface area contributed by atoms with Crippen LogP contribution in [0.25, 0.3) is 0 Å². The van der Waals surface area contributed by atoms with Gasteiger partial charge in [0, 0.05) is 31.6 Å². The van der Waals surface area contributed by atoms with E-state index in [0.717, 1.165) is 36.8 Å². The Hall–Kier alpha value is -2.00. The molecule has 1 amide bonds. The molecule has 31 heavy (non-hydrogen) atoms. The minimum absolute atomic E-state index is 0.0156. The number of benzene rings is 1. The Balaban J connectivity index is 1.29. The molecular formula is C23H31N3O4S. The van der Waals surface area contributed by atoms with E-state index in [9.17, 15) is 9.90 Å². The number of carbonyl (C=O) groups excluding carboxylic acids is 1. The first-order valence-corrected chi connectivity index (χ1v) is 11.8. The van der Waals surface area contributed by atoms with Crippen molar-refractivity contribution in [3.8, 4) is 5.75 Å². The minimum atomic E-state index is -0.969. The van der Waals surface area contributed by atoms with E-state index in [2.05, 4.69) is 4.90 Å². The lowest BCUT2D eigenvalue weighted by atomic mass is 9.89. The Kier molecular flexibility index (Phi) is 7.22. The highest BCUT2D eigenvalue weighted by atomic mass is 32.1. The van der Waals surface area contributed by atoms with Crippen LogP contribution in [0.1, 0.15) is 36.4 Å². The maximum Gasteiger partial charge on any atom is 0.260 e. The van der Waals surface area contributed by atoms with Gasteiger partial charge in [-0.05, 0) is 44.4 Å². The van der Waals surface area contributed by atoms with E-state index in [1.807, 2.05) is 35.7 Å². The van der Waals surface area contributed by atoms with Crippen molar-refractivity contribution in [1.29, 1.82) is 0 Å². The summed E-state index contributed by atoms with van der Waals surface area (Å²) >= 11 is 1.61. The van der Waals surface area contributed by atoms with Gasteiger partial charge in [-0.25, -0.2) is 4.98 Å². The molecule has 2 saturated heterocycles. The number of methoxy groups -OCH3 is 1. The molecule has 0 aliphatic carbocycles. The molecule has 168 valence electrons. The van der Waals surface area contributed by atoms with Crippen LogP contribution < -0.4 is 4.74 Å². The van der Waals surface area contributed by atoms with Crippen molar-refractivity contribution in [2.45, 2.75) is 43.9 Å². The third-order valence-corrected chi connectivity index (χ3v) is 7.11. The minimum Gasteiger partial charge on any atom is -0.484 e. The van der Waals surface area contributed by atoms with Crippen molar-refractivity contribution in [3.63, 3.8) is 0 Å². The van der Waals surface area contributed by atoms with Crippen molar-refractivity contribution in [1.82, 2.24) is 14.8 Å². The largest absolute Gasteiger partial charge is 0.484 e. The second kappa shape index (κ2) is 10.1. The molecule has 1 aromatic carbocycles. The van der Waals surface area contributed by atoms with Gasteiger partial charge in [0.2, 0.25) is 0 Å². The predicted octanol–water partition coefficient (Wildman–Crippen LogP) is 2.64. The highest BCUT2D eigenvalue weighted by Gasteiger charge is 2.37. The smallest absolute Gasteiger partial charge is 0.260 e. The number of para-hydroxylation sites is 1. The zero-order valence-electron chi connectivity index (χ0n) is 18.0. The molecule has 2 aromatic rings. The van der Waals surface area contributed by atoms with Gasteiger partial charge in [-0.1, -0.05) is 18.2 Å². The van der Waals surface area contributed by atoms with Crippen molar-refractivity contribution in [3.05, 3.63) is 46.4 Å². The monoisotopic (exact) mass is 445 g/mol. The van der Waals surface area contributed by atoms with E-state index < -0.39 is 5.60 Å². The lowest BCUT2D eigenvalue weighted by Crippen LogP contribution is -2.46. The molecular weight excluding hydrogens is 414 g/mol. The first kappa shape index (κ1) is 22.2. The second-order valence-corrected chi connectivity index (χ2v) is 9.31. The molecule has 0 unspecified atom stereocenters. The Morgan fingerprint density at radius 2 is 2.03 bits per heavy atom. The van der Waals surface area contributed by atoms with E-state index in [0.29, 0.717) is 37.7 Å². The number of thiazole rings is 1. The lowest BCUT2D eigenvalue weighted by Gasteiger charge is -2.37. The molecule has 3 heterocycles. The fraction of sp³-hybridized carbons (Fsp3) is 0.565. The van der Waals surface area contributed by atoms with Crippen LogP contribution in [0.3, 0.4) is 0 Å². The summed E-state index contributed by atoms with van der Waals surface area (Å²) in [4.78, 5) is 21.4. The number of aliphatic hydroxyl groups is 1. The number of hydrogen-bond acceptors (Lipinski definition) is 7. The molecule has 1 atom stereocenters. The summed E-state index contributed by atoms with van der Waals surface area (Å²) in [5, 5.41) is 14.2. The quantitative estimate of drug-likeness (QED) is 0.673. The number of piperidine rings is 1. The van der Waals surface area contributed by atoms with Gasteiger partial charge >= 0.3 is 0 Å². The molecule has 1 N–H and O–H groups in total. The number of amides is 1. The zero-order valence-corrected chi connectivity index (χ0v) is 18.9. The molecule has 8 heteroatoms. The normalized spacial score (nSPS) is 21.4. The van der Waals surface area contributed by atoms with Crippen molar-refractivity contribution >= 4 is 17.2 Å². The van der Waals surface area contributed by atoms with Gasteiger partial charge in [0.1, 0.15) is 16.4 Å². The van der Waals surface area contributed by atoms with Crippen molar-refractivity contribution in [2.24, 2.45) is 0 Å². The molecule has 7 nitrogen and oxygen atoms in total. The Labute approximate surface area is 187 Å². The summed E-state index contributed by atoms with van der Waals surface area (Å²) in [5.74, 6) is 0.633. The fourth-order valence-electron chi connectivity index (χ4n) is 4.39. The van der Waals surface area contributed by atoms with E-state index >= 15 is 0 Å². The van der Waals surface area contributed by atoms with Crippen LogP contribution in [0, 0.1) is 0 Å². The third-order valence-electron chi connectivity index (χ3n) is 6.27. The van der Waals surface area contributed by atoms with Gasteiger partial charge in [-0.3, -0.25) is 9.69 Å². The molecule has 2 aliphatic heterocycles. The summed E-state index contributed by atoms with van der Waals surface area (Å²) in [6.45, 7) is 3.64. The number of rotatable bonds is 8. The number of aromatic nitrogens is 1. The lowest BCUT2D eigenvalue weighted by molar-refractivity contribution is -0.138. The summed E-state index contributed by atoms with van der Waals surface area (Å²) in [6, 6.07) is 9.79. The molecule has 1 aromatic heterocycles. The van der Waals surface area contributed by atoms with Crippen LogP contribution in [0.4, 0.5) is 0 Å². The molecule has 4 rings (SSSR count). The standard InChI is InChI=1S/C23H31N3O4S/c1-29-15-18-6-5-11-26(18)14-21-24-20(17-31-21)23(28)9-12-25(13-10-23)22(27)16-30-19-7-3-2-4-8-19/h2-4,7-8,17-18,28H,5-6,9-16H2,1H3/t18-/m1/s1. The highest BCUT2D eigenvalue weighted by Crippen LogP contribution is 2.34. The maximum atomic E-state index is 12.5. The van der Waals surface area contributed by atoms with Crippen LogP contribution in [-0.4, -0.2) is 71.8 Å². The Morgan fingerprint density at radius 1 is 1.26 bits per heavy atom. The average molecular weight is 446 g/mol. The number of carbonyl (C=O) groups is 1. The molecule has 2 fully saturated rings. The predicted molar refractivity (Wildman–Crippen MR) is 119 cm³/mol. The maximum absolute atomic E-state index is 12.5. The van der Waals surface area contributed by atoms with E-state index in [1.54, 1.807) is 23.3 Å². The van der Waals surface area contributed by atoms with Gasteiger partial charge in [-0.2, -0.15) is 0 Å². The highest BCUT2D eigenvalue weighted by molar-refractivity contribution is 7.09. The molecule has 0 spiro atoms. The SMILES string of the molecule is COC[C@H]1CCCN1Cc1nc(C2(O)CCN(C(=O)COc3ccccc3)CC2)cs1.